The van der Waals surface area contributed by atoms with Crippen LogP contribution in [-0.4, -0.2) is 0 Å². The number of benzene rings is 2. The Kier molecular flexibility index (Phi) is 3.05. The maximum absolute atomic E-state index is 8.73. The topological polar surface area (TPSA) is 48.5 Å². The van der Waals surface area contributed by atoms with Crippen LogP contribution in [0.1, 0.15) is 5.56 Å². The van der Waals surface area contributed by atoms with Crippen LogP contribution in [0, 0.1) is 11.3 Å². The van der Waals surface area contributed by atoms with Crippen LogP contribution in [-0.2, 0) is 0 Å². The number of hydrogen-bond donors (Lipinski definition) is 0. The zero-order chi connectivity index (χ0) is 11.2. The fraction of sp³-hybridized carbons (Fsp3) is 0. The molecule has 0 saturated heterocycles. The highest BCUT2D eigenvalue weighted by atomic mass is 15.1. The number of azo groups is 1. The lowest BCUT2D eigenvalue weighted by Gasteiger charge is -1.93. The zero-order valence-electron chi connectivity index (χ0n) is 8.54. The second kappa shape index (κ2) is 4.85. The second-order valence-corrected chi connectivity index (χ2v) is 3.20. The Hall–Kier alpha value is -2.47. The van der Waals surface area contributed by atoms with Crippen molar-refractivity contribution in [2.75, 3.05) is 0 Å². The fourth-order valence-electron chi connectivity index (χ4n) is 1.25. The number of hydrogen-bond acceptors (Lipinski definition) is 3. The molecule has 0 aliphatic heterocycles. The molecule has 0 fully saturated rings. The van der Waals surface area contributed by atoms with Crippen LogP contribution in [0.2, 0.25) is 0 Å². The van der Waals surface area contributed by atoms with Crippen molar-refractivity contribution in [3.05, 3.63) is 60.2 Å². The molecule has 0 radical (unpaired) electrons. The summed E-state index contributed by atoms with van der Waals surface area (Å²) in [5.41, 5.74) is 2.07. The smallest absolute Gasteiger partial charge is 0.0992 e. The van der Waals surface area contributed by atoms with Crippen LogP contribution < -0.4 is 0 Å². The van der Waals surface area contributed by atoms with Gasteiger partial charge in [0, 0.05) is 0 Å². The summed E-state index contributed by atoms with van der Waals surface area (Å²) < 4.78 is 0. The molecule has 0 amide bonds. The summed E-state index contributed by atoms with van der Waals surface area (Å²) in [6.07, 6.45) is 0. The Bertz CT molecular complexity index is 539. The summed E-state index contributed by atoms with van der Waals surface area (Å²) in [4.78, 5) is 0. The van der Waals surface area contributed by atoms with E-state index in [0.29, 0.717) is 11.3 Å². The number of rotatable bonds is 2. The molecule has 0 atom stereocenters. The van der Waals surface area contributed by atoms with E-state index in [0.717, 1.165) is 5.69 Å². The first-order valence-corrected chi connectivity index (χ1v) is 4.85. The summed E-state index contributed by atoms with van der Waals surface area (Å²) >= 11 is 0. The van der Waals surface area contributed by atoms with Crippen molar-refractivity contribution in [3.8, 4) is 6.07 Å². The molecular weight excluding hydrogens is 198 g/mol. The fourth-order valence-corrected chi connectivity index (χ4v) is 1.25. The minimum absolute atomic E-state index is 0.588. The highest BCUT2D eigenvalue weighted by Crippen LogP contribution is 2.18. The van der Waals surface area contributed by atoms with Gasteiger partial charge in [-0.15, -0.1) is 0 Å². The standard InChI is InChI=1S/C13H9N3/c14-10-11-5-4-8-13(9-11)16-15-12-6-2-1-3-7-12/h1-9H. The Labute approximate surface area is 93.7 Å². The van der Waals surface area contributed by atoms with E-state index in [1.807, 2.05) is 36.4 Å². The lowest BCUT2D eigenvalue weighted by atomic mass is 10.2. The van der Waals surface area contributed by atoms with Crippen molar-refractivity contribution in [2.24, 2.45) is 10.2 Å². The van der Waals surface area contributed by atoms with Gasteiger partial charge in [0.05, 0.1) is 23.0 Å². The van der Waals surface area contributed by atoms with Crippen LogP contribution in [0.5, 0.6) is 0 Å². The van der Waals surface area contributed by atoms with E-state index in [-0.39, 0.29) is 0 Å². The molecule has 0 aliphatic rings. The third-order valence-electron chi connectivity index (χ3n) is 2.01. The van der Waals surface area contributed by atoms with Gasteiger partial charge in [-0.05, 0) is 30.3 Å². The number of nitrogens with zero attached hydrogens (tertiary/aromatic N) is 3. The maximum Gasteiger partial charge on any atom is 0.0992 e. The van der Waals surface area contributed by atoms with Gasteiger partial charge in [-0.1, -0.05) is 24.3 Å². The lowest BCUT2D eigenvalue weighted by molar-refractivity contribution is 1.23. The van der Waals surface area contributed by atoms with Gasteiger partial charge in [0.25, 0.3) is 0 Å². The van der Waals surface area contributed by atoms with Gasteiger partial charge in [0.15, 0.2) is 0 Å². The SMILES string of the molecule is N#Cc1cccc(N=Nc2ccccc2)c1. The Morgan fingerprint density at radius 3 is 2.25 bits per heavy atom. The lowest BCUT2D eigenvalue weighted by Crippen LogP contribution is -1.70. The molecule has 0 N–H and O–H groups in total. The minimum atomic E-state index is 0.588. The summed E-state index contributed by atoms with van der Waals surface area (Å²) in [6, 6.07) is 18.6. The van der Waals surface area contributed by atoms with E-state index < -0.39 is 0 Å². The monoisotopic (exact) mass is 207 g/mol. The normalized spacial score (nSPS) is 10.2. The van der Waals surface area contributed by atoms with Crippen LogP contribution >= 0.6 is 0 Å². The van der Waals surface area contributed by atoms with Gasteiger partial charge < -0.3 is 0 Å². The zero-order valence-corrected chi connectivity index (χ0v) is 8.54. The van der Waals surface area contributed by atoms with Crippen molar-refractivity contribution in [3.63, 3.8) is 0 Å². The Morgan fingerprint density at radius 1 is 0.812 bits per heavy atom. The molecule has 2 rings (SSSR count). The molecule has 2 aromatic rings. The third kappa shape index (κ3) is 2.52. The molecule has 0 saturated carbocycles. The molecule has 16 heavy (non-hydrogen) atoms. The quantitative estimate of drug-likeness (QED) is 0.687. The molecule has 3 heteroatoms. The van der Waals surface area contributed by atoms with Gasteiger partial charge in [-0.25, -0.2) is 0 Å². The highest BCUT2D eigenvalue weighted by Gasteiger charge is 1.92. The van der Waals surface area contributed by atoms with Gasteiger partial charge in [-0.2, -0.15) is 15.5 Å². The molecule has 76 valence electrons. The molecular formula is C13H9N3. The van der Waals surface area contributed by atoms with Gasteiger partial charge in [0.1, 0.15) is 0 Å². The largest absolute Gasteiger partial charge is 0.192 e. The average molecular weight is 207 g/mol. The first kappa shape index (κ1) is 10.1. The molecule has 0 aliphatic carbocycles. The molecule has 0 bridgehead atoms. The molecule has 3 nitrogen and oxygen atoms in total. The molecule has 0 spiro atoms. The van der Waals surface area contributed by atoms with Crippen LogP contribution in [0.4, 0.5) is 11.4 Å². The van der Waals surface area contributed by atoms with Crippen LogP contribution in [0.25, 0.3) is 0 Å². The molecule has 0 heterocycles. The summed E-state index contributed by atoms with van der Waals surface area (Å²) in [7, 11) is 0. The van der Waals surface area contributed by atoms with Crippen molar-refractivity contribution < 1.29 is 0 Å². The predicted octanol–water partition coefficient (Wildman–Crippen LogP) is 3.97. The second-order valence-electron chi connectivity index (χ2n) is 3.20. The van der Waals surface area contributed by atoms with Gasteiger partial charge >= 0.3 is 0 Å². The first-order valence-electron chi connectivity index (χ1n) is 4.85. The van der Waals surface area contributed by atoms with Crippen LogP contribution in [0.15, 0.2) is 64.8 Å². The van der Waals surface area contributed by atoms with Crippen molar-refractivity contribution in [1.82, 2.24) is 0 Å². The predicted molar refractivity (Wildman–Crippen MR) is 61.8 cm³/mol. The van der Waals surface area contributed by atoms with Crippen LogP contribution in [0.3, 0.4) is 0 Å². The molecule has 0 aromatic heterocycles. The van der Waals surface area contributed by atoms with E-state index in [4.69, 9.17) is 5.26 Å². The summed E-state index contributed by atoms with van der Waals surface area (Å²) in [5.74, 6) is 0. The van der Waals surface area contributed by atoms with Crippen molar-refractivity contribution in [1.29, 1.82) is 5.26 Å². The third-order valence-corrected chi connectivity index (χ3v) is 2.01. The average Bonchev–Trinajstić information content (AvgIpc) is 2.38. The molecule has 2 aromatic carbocycles. The van der Waals surface area contributed by atoms with Gasteiger partial charge in [-0.3, -0.25) is 0 Å². The summed E-state index contributed by atoms with van der Waals surface area (Å²) in [5, 5.41) is 16.9. The Morgan fingerprint density at radius 2 is 1.50 bits per heavy atom. The van der Waals surface area contributed by atoms with E-state index in [1.165, 1.54) is 0 Å². The minimum Gasteiger partial charge on any atom is -0.192 e. The van der Waals surface area contributed by atoms with E-state index in [2.05, 4.69) is 16.3 Å². The first-order chi connectivity index (χ1) is 7.88. The van der Waals surface area contributed by atoms with E-state index in [9.17, 15) is 0 Å². The van der Waals surface area contributed by atoms with Crippen molar-refractivity contribution in [2.45, 2.75) is 0 Å². The van der Waals surface area contributed by atoms with Crippen molar-refractivity contribution >= 4 is 11.4 Å². The van der Waals surface area contributed by atoms with E-state index in [1.54, 1.807) is 18.2 Å². The number of nitriles is 1. The van der Waals surface area contributed by atoms with E-state index >= 15 is 0 Å². The maximum atomic E-state index is 8.73. The Balaban J connectivity index is 2.21. The highest BCUT2D eigenvalue weighted by molar-refractivity contribution is 5.45. The van der Waals surface area contributed by atoms with Gasteiger partial charge in [0.2, 0.25) is 0 Å². The summed E-state index contributed by atoms with van der Waals surface area (Å²) in [6.45, 7) is 0. The molecule has 0 unspecified atom stereocenters.